The summed E-state index contributed by atoms with van der Waals surface area (Å²) in [7, 11) is 1.75. The fourth-order valence-electron chi connectivity index (χ4n) is 3.44. The molecule has 10 heteroatoms. The molecule has 32 heavy (non-hydrogen) atoms. The van der Waals surface area contributed by atoms with Crippen molar-refractivity contribution in [2.24, 2.45) is 4.99 Å². The molecule has 0 saturated carbocycles. The van der Waals surface area contributed by atoms with E-state index in [1.807, 2.05) is 40.9 Å². The molecule has 0 bridgehead atoms. The summed E-state index contributed by atoms with van der Waals surface area (Å²) in [5, 5.41) is 15.0. The molecule has 0 unspecified atom stereocenters. The predicted octanol–water partition coefficient (Wildman–Crippen LogP) is 1.92. The van der Waals surface area contributed by atoms with Crippen LogP contribution >= 0.6 is 24.0 Å². The van der Waals surface area contributed by atoms with Gasteiger partial charge in [0.2, 0.25) is 0 Å². The maximum Gasteiger partial charge on any atom is 0.191 e. The Morgan fingerprint density at radius 1 is 1.09 bits per heavy atom. The van der Waals surface area contributed by atoms with Crippen molar-refractivity contribution in [3.63, 3.8) is 0 Å². The first-order chi connectivity index (χ1) is 15.3. The molecule has 2 aromatic heterocycles. The molecular formula is C22H30IN7O2. The number of halogens is 1. The lowest BCUT2D eigenvalue weighted by atomic mass is 10.2. The van der Waals surface area contributed by atoms with E-state index in [0.29, 0.717) is 25.7 Å². The van der Waals surface area contributed by atoms with Crippen LogP contribution in [0, 0.1) is 0 Å². The van der Waals surface area contributed by atoms with E-state index >= 15 is 0 Å². The molecule has 1 saturated heterocycles. The number of aromatic nitrogens is 3. The third-order valence-electron chi connectivity index (χ3n) is 5.16. The summed E-state index contributed by atoms with van der Waals surface area (Å²) in [4.78, 5) is 6.66. The highest BCUT2D eigenvalue weighted by molar-refractivity contribution is 14.0. The summed E-state index contributed by atoms with van der Waals surface area (Å²) in [6, 6.07) is 14.0. The van der Waals surface area contributed by atoms with E-state index in [1.165, 1.54) is 0 Å². The molecule has 0 aliphatic carbocycles. The summed E-state index contributed by atoms with van der Waals surface area (Å²) in [6.07, 6.45) is 1.95. The first kappa shape index (κ1) is 24.2. The van der Waals surface area contributed by atoms with Crippen molar-refractivity contribution in [1.82, 2.24) is 30.1 Å². The van der Waals surface area contributed by atoms with Crippen molar-refractivity contribution in [1.29, 1.82) is 0 Å². The third-order valence-corrected chi connectivity index (χ3v) is 5.16. The second kappa shape index (κ2) is 12.6. The number of pyridine rings is 1. The van der Waals surface area contributed by atoms with E-state index in [2.05, 4.69) is 42.9 Å². The number of benzene rings is 1. The van der Waals surface area contributed by atoms with E-state index in [9.17, 15) is 0 Å². The lowest BCUT2D eigenvalue weighted by molar-refractivity contribution is 0.0322. The lowest BCUT2D eigenvalue weighted by Crippen LogP contribution is -2.38. The molecule has 2 N–H and O–H groups in total. The van der Waals surface area contributed by atoms with E-state index in [1.54, 1.807) is 7.05 Å². The smallest absolute Gasteiger partial charge is 0.191 e. The molecule has 0 atom stereocenters. The van der Waals surface area contributed by atoms with Crippen LogP contribution in [-0.2, 0) is 17.8 Å². The average Bonchev–Trinajstić information content (AvgIpc) is 3.23. The van der Waals surface area contributed by atoms with E-state index < -0.39 is 0 Å². The Balaban J connectivity index is 0.00000289. The first-order valence-electron chi connectivity index (χ1n) is 10.6. The molecule has 172 valence electrons. The number of guanidine groups is 1. The summed E-state index contributed by atoms with van der Waals surface area (Å²) >= 11 is 0. The molecule has 3 aromatic rings. The van der Waals surface area contributed by atoms with Crippen LogP contribution in [-0.4, -0.2) is 72.0 Å². The zero-order valence-corrected chi connectivity index (χ0v) is 20.6. The molecular weight excluding hydrogens is 521 g/mol. The van der Waals surface area contributed by atoms with Crippen LogP contribution in [0.4, 0.5) is 0 Å². The van der Waals surface area contributed by atoms with Gasteiger partial charge in [0, 0.05) is 39.4 Å². The van der Waals surface area contributed by atoms with Gasteiger partial charge in [-0.1, -0.05) is 18.2 Å². The number of hydrogen-bond donors (Lipinski definition) is 2. The predicted molar refractivity (Wildman–Crippen MR) is 135 cm³/mol. The van der Waals surface area contributed by atoms with Crippen LogP contribution < -0.4 is 15.4 Å². The zero-order valence-electron chi connectivity index (χ0n) is 18.2. The number of nitrogens with one attached hydrogen (secondary N) is 2. The van der Waals surface area contributed by atoms with Gasteiger partial charge in [-0.05, 0) is 29.8 Å². The van der Waals surface area contributed by atoms with Gasteiger partial charge in [-0.2, -0.15) is 0 Å². The molecule has 1 aliphatic heterocycles. The number of rotatable bonds is 8. The van der Waals surface area contributed by atoms with Gasteiger partial charge in [-0.3, -0.25) is 14.3 Å². The number of ether oxygens (including phenoxy) is 2. The van der Waals surface area contributed by atoms with Crippen molar-refractivity contribution in [2.45, 2.75) is 13.1 Å². The van der Waals surface area contributed by atoms with Crippen molar-refractivity contribution in [2.75, 3.05) is 46.5 Å². The molecule has 1 aromatic carbocycles. The SMILES string of the molecule is CN=C(NCc1cccc(OCCN2CCOCC2)c1)NCc1nnc2ccccn12.I. The quantitative estimate of drug-likeness (QED) is 0.251. The number of hydrogen-bond acceptors (Lipinski definition) is 6. The Morgan fingerprint density at radius 3 is 2.78 bits per heavy atom. The Hall–Kier alpha value is -2.44. The summed E-state index contributed by atoms with van der Waals surface area (Å²) in [6.45, 7) is 6.32. The number of fused-ring (bicyclic) bond motifs is 1. The number of morpholine rings is 1. The fraction of sp³-hybridized carbons (Fsp3) is 0.409. The van der Waals surface area contributed by atoms with E-state index in [4.69, 9.17) is 9.47 Å². The van der Waals surface area contributed by atoms with Gasteiger partial charge in [0.15, 0.2) is 17.4 Å². The monoisotopic (exact) mass is 551 g/mol. The summed E-state index contributed by atoms with van der Waals surface area (Å²) < 4.78 is 13.3. The third kappa shape index (κ3) is 6.78. The Kier molecular flexibility index (Phi) is 9.50. The zero-order chi connectivity index (χ0) is 21.3. The van der Waals surface area contributed by atoms with Crippen molar-refractivity contribution >= 4 is 35.6 Å². The highest BCUT2D eigenvalue weighted by Gasteiger charge is 2.10. The fourth-order valence-corrected chi connectivity index (χ4v) is 3.44. The van der Waals surface area contributed by atoms with Gasteiger partial charge < -0.3 is 20.1 Å². The summed E-state index contributed by atoms with van der Waals surface area (Å²) in [5.74, 6) is 2.41. The van der Waals surface area contributed by atoms with Crippen LogP contribution in [0.3, 0.4) is 0 Å². The minimum absolute atomic E-state index is 0. The van der Waals surface area contributed by atoms with Gasteiger partial charge in [0.1, 0.15) is 12.4 Å². The first-order valence-corrected chi connectivity index (χ1v) is 10.6. The maximum absolute atomic E-state index is 5.95. The van der Waals surface area contributed by atoms with Gasteiger partial charge >= 0.3 is 0 Å². The topological polar surface area (TPSA) is 88.3 Å². The largest absolute Gasteiger partial charge is 0.492 e. The molecule has 0 spiro atoms. The second-order valence-corrected chi connectivity index (χ2v) is 7.27. The number of aliphatic imine (C=N–C) groups is 1. The minimum atomic E-state index is 0. The van der Waals surface area contributed by atoms with Gasteiger partial charge in [0.05, 0.1) is 19.8 Å². The van der Waals surface area contributed by atoms with Gasteiger partial charge in [-0.25, -0.2) is 0 Å². The Bertz CT molecular complexity index is 1000. The van der Waals surface area contributed by atoms with E-state index in [-0.39, 0.29) is 24.0 Å². The van der Waals surface area contributed by atoms with Crippen molar-refractivity contribution in [3.05, 3.63) is 60.0 Å². The van der Waals surface area contributed by atoms with Crippen LogP contribution in [0.2, 0.25) is 0 Å². The molecule has 0 amide bonds. The number of nitrogens with zero attached hydrogens (tertiary/aromatic N) is 5. The molecule has 4 rings (SSSR count). The van der Waals surface area contributed by atoms with Crippen molar-refractivity contribution in [3.8, 4) is 5.75 Å². The van der Waals surface area contributed by atoms with Crippen LogP contribution in [0.5, 0.6) is 5.75 Å². The highest BCUT2D eigenvalue weighted by Crippen LogP contribution is 2.13. The normalized spacial score (nSPS) is 14.7. The molecule has 1 aliphatic rings. The van der Waals surface area contributed by atoms with E-state index in [0.717, 1.165) is 55.6 Å². The van der Waals surface area contributed by atoms with Gasteiger partial charge in [0.25, 0.3) is 0 Å². The second-order valence-electron chi connectivity index (χ2n) is 7.27. The van der Waals surface area contributed by atoms with Crippen LogP contribution in [0.15, 0.2) is 53.7 Å². The average molecular weight is 551 g/mol. The maximum atomic E-state index is 5.95. The molecule has 1 fully saturated rings. The lowest BCUT2D eigenvalue weighted by Gasteiger charge is -2.26. The summed E-state index contributed by atoms with van der Waals surface area (Å²) in [5.41, 5.74) is 1.95. The van der Waals surface area contributed by atoms with Crippen molar-refractivity contribution < 1.29 is 9.47 Å². The van der Waals surface area contributed by atoms with Crippen LogP contribution in [0.1, 0.15) is 11.4 Å². The van der Waals surface area contributed by atoms with Gasteiger partial charge in [-0.15, -0.1) is 34.2 Å². The molecule has 3 heterocycles. The highest BCUT2D eigenvalue weighted by atomic mass is 127. The minimum Gasteiger partial charge on any atom is -0.492 e. The standard InChI is InChI=1S/C22H29N7O2.HI/c1-23-22(25-17-21-27-26-20-7-2-3-8-29(20)21)24-16-18-5-4-6-19(15-18)31-14-11-28-9-12-30-13-10-28;/h2-8,15H,9-14,16-17H2,1H3,(H2,23,24,25);1H. The molecule has 9 nitrogen and oxygen atoms in total. The Labute approximate surface area is 205 Å². The molecule has 0 radical (unpaired) electrons. The van der Waals surface area contributed by atoms with Crippen LogP contribution in [0.25, 0.3) is 5.65 Å². The Morgan fingerprint density at radius 2 is 1.94 bits per heavy atom.